The Bertz CT molecular complexity index is 177. The highest BCUT2D eigenvalue weighted by Crippen LogP contribution is 2.36. The highest BCUT2D eigenvalue weighted by molar-refractivity contribution is 4.87. The monoisotopic (exact) mass is 197 g/mol. The molecule has 4 atom stereocenters. The molecule has 0 aromatic carbocycles. The quantitative estimate of drug-likeness (QED) is 0.736. The van der Waals surface area contributed by atoms with E-state index in [1.165, 1.54) is 32.1 Å². The van der Waals surface area contributed by atoms with Crippen molar-refractivity contribution < 1.29 is 4.74 Å². The molecule has 2 heteroatoms. The molecule has 1 aliphatic carbocycles. The molecule has 1 saturated carbocycles. The molecule has 0 bridgehead atoms. The molecule has 1 aliphatic heterocycles. The van der Waals surface area contributed by atoms with Crippen LogP contribution in [0.4, 0.5) is 0 Å². The average Bonchev–Trinajstić information content (AvgIpc) is 2.65. The van der Waals surface area contributed by atoms with Crippen LogP contribution in [-0.2, 0) is 4.74 Å². The minimum atomic E-state index is 0.396. The number of nitrogens with two attached hydrogens (primary N) is 1. The van der Waals surface area contributed by atoms with Gasteiger partial charge in [0.1, 0.15) is 0 Å². The van der Waals surface area contributed by atoms with Crippen LogP contribution in [0.25, 0.3) is 0 Å². The lowest BCUT2D eigenvalue weighted by Crippen LogP contribution is -2.42. The summed E-state index contributed by atoms with van der Waals surface area (Å²) in [5.74, 6) is 2.24. The fourth-order valence-corrected chi connectivity index (χ4v) is 3.16. The maximum atomic E-state index is 6.36. The van der Waals surface area contributed by atoms with E-state index in [4.69, 9.17) is 10.5 Å². The van der Waals surface area contributed by atoms with Gasteiger partial charge >= 0.3 is 0 Å². The minimum Gasteiger partial charge on any atom is -0.381 e. The molecule has 0 spiro atoms. The topological polar surface area (TPSA) is 35.2 Å². The molecule has 1 saturated heterocycles. The van der Waals surface area contributed by atoms with E-state index in [2.05, 4.69) is 6.92 Å². The zero-order valence-electron chi connectivity index (χ0n) is 9.24. The SMILES string of the molecule is CC1CCCC1C(N)C1CCCOC1. The maximum absolute atomic E-state index is 6.36. The van der Waals surface area contributed by atoms with Crippen molar-refractivity contribution in [2.75, 3.05) is 13.2 Å². The smallest absolute Gasteiger partial charge is 0.0509 e. The van der Waals surface area contributed by atoms with Gasteiger partial charge in [0, 0.05) is 12.6 Å². The predicted molar refractivity (Wildman–Crippen MR) is 58.0 cm³/mol. The van der Waals surface area contributed by atoms with E-state index in [0.29, 0.717) is 12.0 Å². The van der Waals surface area contributed by atoms with Crippen LogP contribution >= 0.6 is 0 Å². The number of hydrogen-bond acceptors (Lipinski definition) is 2. The maximum Gasteiger partial charge on any atom is 0.0509 e. The summed E-state index contributed by atoms with van der Waals surface area (Å²) in [4.78, 5) is 0. The van der Waals surface area contributed by atoms with Crippen molar-refractivity contribution in [3.8, 4) is 0 Å². The Morgan fingerprint density at radius 2 is 2.07 bits per heavy atom. The van der Waals surface area contributed by atoms with Crippen LogP contribution < -0.4 is 5.73 Å². The van der Waals surface area contributed by atoms with Gasteiger partial charge in [-0.15, -0.1) is 0 Å². The first kappa shape index (κ1) is 10.4. The van der Waals surface area contributed by atoms with Crippen molar-refractivity contribution in [2.24, 2.45) is 23.5 Å². The molecule has 1 heterocycles. The molecule has 2 nitrogen and oxygen atoms in total. The summed E-state index contributed by atoms with van der Waals surface area (Å²) in [7, 11) is 0. The average molecular weight is 197 g/mol. The van der Waals surface area contributed by atoms with Crippen molar-refractivity contribution in [3.05, 3.63) is 0 Å². The summed E-state index contributed by atoms with van der Waals surface area (Å²) >= 11 is 0. The van der Waals surface area contributed by atoms with E-state index in [1.54, 1.807) is 0 Å². The van der Waals surface area contributed by atoms with E-state index in [1.807, 2.05) is 0 Å². The third-order valence-electron chi connectivity index (χ3n) is 4.16. The van der Waals surface area contributed by atoms with Gasteiger partial charge in [-0.25, -0.2) is 0 Å². The highest BCUT2D eigenvalue weighted by atomic mass is 16.5. The summed E-state index contributed by atoms with van der Waals surface area (Å²) in [6.45, 7) is 4.22. The lowest BCUT2D eigenvalue weighted by Gasteiger charge is -2.33. The van der Waals surface area contributed by atoms with Crippen molar-refractivity contribution in [1.29, 1.82) is 0 Å². The summed E-state index contributed by atoms with van der Waals surface area (Å²) < 4.78 is 5.52. The molecule has 0 amide bonds. The Labute approximate surface area is 87.2 Å². The summed E-state index contributed by atoms with van der Waals surface area (Å²) in [6, 6.07) is 0.396. The fraction of sp³-hybridized carbons (Fsp3) is 1.00. The first-order chi connectivity index (χ1) is 6.79. The lowest BCUT2D eigenvalue weighted by atomic mass is 9.81. The third kappa shape index (κ3) is 2.12. The molecule has 14 heavy (non-hydrogen) atoms. The molecule has 82 valence electrons. The predicted octanol–water partition coefficient (Wildman–Crippen LogP) is 2.18. The molecular formula is C12H23NO. The zero-order valence-corrected chi connectivity index (χ0v) is 9.24. The Balaban J connectivity index is 1.89. The molecule has 2 rings (SSSR count). The number of ether oxygens (including phenoxy) is 1. The van der Waals surface area contributed by atoms with Gasteiger partial charge in [-0.3, -0.25) is 0 Å². The van der Waals surface area contributed by atoms with E-state index in [9.17, 15) is 0 Å². The molecule has 0 aromatic heterocycles. The molecule has 2 fully saturated rings. The zero-order chi connectivity index (χ0) is 9.97. The third-order valence-corrected chi connectivity index (χ3v) is 4.16. The second-order valence-corrected chi connectivity index (χ2v) is 5.13. The van der Waals surface area contributed by atoms with E-state index in [-0.39, 0.29) is 0 Å². The van der Waals surface area contributed by atoms with Crippen molar-refractivity contribution in [3.63, 3.8) is 0 Å². The van der Waals surface area contributed by atoms with Crippen LogP contribution in [0, 0.1) is 17.8 Å². The van der Waals surface area contributed by atoms with E-state index < -0.39 is 0 Å². The Kier molecular flexibility index (Phi) is 3.45. The van der Waals surface area contributed by atoms with Crippen LogP contribution in [-0.4, -0.2) is 19.3 Å². The molecule has 0 radical (unpaired) electrons. The molecule has 2 N–H and O–H groups in total. The van der Waals surface area contributed by atoms with Gasteiger partial charge in [0.15, 0.2) is 0 Å². The molecule has 0 aromatic rings. The van der Waals surface area contributed by atoms with Gasteiger partial charge in [0.2, 0.25) is 0 Å². The second-order valence-electron chi connectivity index (χ2n) is 5.13. The minimum absolute atomic E-state index is 0.396. The Morgan fingerprint density at radius 3 is 2.64 bits per heavy atom. The van der Waals surface area contributed by atoms with Gasteiger partial charge in [0.25, 0.3) is 0 Å². The number of rotatable bonds is 2. The van der Waals surface area contributed by atoms with Gasteiger partial charge < -0.3 is 10.5 Å². The van der Waals surface area contributed by atoms with E-state index in [0.717, 1.165) is 25.0 Å². The van der Waals surface area contributed by atoms with Crippen LogP contribution in [0.3, 0.4) is 0 Å². The van der Waals surface area contributed by atoms with Gasteiger partial charge in [0.05, 0.1) is 6.61 Å². The summed E-state index contributed by atoms with van der Waals surface area (Å²) in [5.41, 5.74) is 6.36. The molecule has 4 unspecified atom stereocenters. The fourth-order valence-electron chi connectivity index (χ4n) is 3.16. The lowest BCUT2D eigenvalue weighted by molar-refractivity contribution is 0.0333. The van der Waals surface area contributed by atoms with Crippen molar-refractivity contribution in [1.82, 2.24) is 0 Å². The van der Waals surface area contributed by atoms with Crippen molar-refractivity contribution in [2.45, 2.75) is 45.1 Å². The first-order valence-electron chi connectivity index (χ1n) is 6.12. The van der Waals surface area contributed by atoms with Crippen LogP contribution in [0.1, 0.15) is 39.0 Å². The standard InChI is InChI=1S/C12H23NO/c1-9-4-2-6-11(9)12(13)10-5-3-7-14-8-10/h9-12H,2-8,13H2,1H3. The Hall–Kier alpha value is -0.0800. The second kappa shape index (κ2) is 4.63. The Morgan fingerprint density at radius 1 is 1.21 bits per heavy atom. The van der Waals surface area contributed by atoms with Crippen LogP contribution in [0.2, 0.25) is 0 Å². The highest BCUT2D eigenvalue weighted by Gasteiger charge is 2.33. The van der Waals surface area contributed by atoms with Crippen LogP contribution in [0.5, 0.6) is 0 Å². The van der Waals surface area contributed by atoms with Crippen molar-refractivity contribution >= 4 is 0 Å². The van der Waals surface area contributed by atoms with Gasteiger partial charge in [-0.05, 0) is 37.0 Å². The van der Waals surface area contributed by atoms with Crippen LogP contribution in [0.15, 0.2) is 0 Å². The largest absolute Gasteiger partial charge is 0.381 e. The summed E-state index contributed by atoms with van der Waals surface area (Å²) in [6.07, 6.45) is 6.60. The number of hydrogen-bond donors (Lipinski definition) is 1. The van der Waals surface area contributed by atoms with Gasteiger partial charge in [-0.2, -0.15) is 0 Å². The van der Waals surface area contributed by atoms with Gasteiger partial charge in [-0.1, -0.05) is 19.8 Å². The summed E-state index contributed by atoms with van der Waals surface area (Å²) in [5, 5.41) is 0. The normalized spacial score (nSPS) is 41.1. The first-order valence-corrected chi connectivity index (χ1v) is 6.12. The van der Waals surface area contributed by atoms with E-state index >= 15 is 0 Å². The molecular weight excluding hydrogens is 174 g/mol. The molecule has 2 aliphatic rings.